The molecule has 0 aliphatic rings. The van der Waals surface area contributed by atoms with E-state index < -0.39 is 0 Å². The average Bonchev–Trinajstić information content (AvgIpc) is 3.39. The maximum absolute atomic E-state index is 12.9. The van der Waals surface area contributed by atoms with Gasteiger partial charge in [-0.05, 0) is 32.4 Å². The van der Waals surface area contributed by atoms with Crippen LogP contribution in [0.5, 0.6) is 0 Å². The number of rotatable bonds is 7. The molecule has 0 saturated carbocycles. The molecule has 4 rings (SSSR count). The minimum atomic E-state index is -0.367. The molecule has 158 valence electrons. The van der Waals surface area contributed by atoms with Gasteiger partial charge in [0, 0.05) is 17.3 Å². The number of hydrogen-bond acceptors (Lipinski definition) is 6. The lowest BCUT2D eigenvalue weighted by atomic mass is 10.2. The number of hydrogen-bond donors (Lipinski definition) is 1. The number of nitrogens with zero attached hydrogens (tertiary/aromatic N) is 4. The summed E-state index contributed by atoms with van der Waals surface area (Å²) in [6.45, 7) is 5.80. The van der Waals surface area contributed by atoms with Gasteiger partial charge in [0.05, 0.1) is 5.25 Å². The van der Waals surface area contributed by atoms with Crippen LogP contribution in [0.1, 0.15) is 24.7 Å². The van der Waals surface area contributed by atoms with Crippen molar-refractivity contribution in [2.24, 2.45) is 0 Å². The summed E-state index contributed by atoms with van der Waals surface area (Å²) in [7, 11) is 0. The number of amides is 1. The SMILES string of the molecule is CCC(Sc1nnc(-c2ccccc2)n1-c1ccc(C)cc1)C(=O)Nc1cc(C)on1. The largest absolute Gasteiger partial charge is 0.360 e. The first-order valence-electron chi connectivity index (χ1n) is 10.0. The highest BCUT2D eigenvalue weighted by atomic mass is 32.2. The van der Waals surface area contributed by atoms with Crippen LogP contribution >= 0.6 is 11.8 Å². The Hall–Kier alpha value is -3.39. The van der Waals surface area contributed by atoms with E-state index >= 15 is 0 Å². The highest BCUT2D eigenvalue weighted by molar-refractivity contribution is 8.00. The quantitative estimate of drug-likeness (QED) is 0.411. The van der Waals surface area contributed by atoms with Crippen LogP contribution in [0.4, 0.5) is 5.82 Å². The van der Waals surface area contributed by atoms with E-state index in [0.717, 1.165) is 17.1 Å². The van der Waals surface area contributed by atoms with E-state index in [2.05, 4.69) is 32.8 Å². The number of nitrogens with one attached hydrogen (secondary N) is 1. The highest BCUT2D eigenvalue weighted by Crippen LogP contribution is 2.31. The number of thioether (sulfide) groups is 1. The van der Waals surface area contributed by atoms with Crippen molar-refractivity contribution in [3.63, 3.8) is 0 Å². The number of carbonyl (C=O) groups is 1. The monoisotopic (exact) mass is 433 g/mol. The Labute approximate surface area is 184 Å². The Morgan fingerprint density at radius 3 is 2.48 bits per heavy atom. The third-order valence-corrected chi connectivity index (χ3v) is 6.05. The van der Waals surface area contributed by atoms with Crippen molar-refractivity contribution in [2.75, 3.05) is 5.32 Å². The molecule has 31 heavy (non-hydrogen) atoms. The lowest BCUT2D eigenvalue weighted by Gasteiger charge is -2.15. The molecule has 8 heteroatoms. The van der Waals surface area contributed by atoms with E-state index in [4.69, 9.17) is 4.52 Å². The fourth-order valence-electron chi connectivity index (χ4n) is 3.13. The topological polar surface area (TPSA) is 85.8 Å². The molecule has 1 N–H and O–H groups in total. The Kier molecular flexibility index (Phi) is 6.18. The van der Waals surface area contributed by atoms with Crippen molar-refractivity contribution in [1.29, 1.82) is 0 Å². The van der Waals surface area contributed by atoms with Gasteiger partial charge in [-0.3, -0.25) is 9.36 Å². The van der Waals surface area contributed by atoms with Crippen molar-refractivity contribution >= 4 is 23.5 Å². The maximum atomic E-state index is 12.9. The first kappa shape index (κ1) is 20.9. The summed E-state index contributed by atoms with van der Waals surface area (Å²) in [6, 6.07) is 19.8. The molecule has 2 aromatic carbocycles. The predicted molar refractivity (Wildman–Crippen MR) is 121 cm³/mol. The smallest absolute Gasteiger partial charge is 0.239 e. The third kappa shape index (κ3) is 4.69. The first-order valence-corrected chi connectivity index (χ1v) is 10.9. The van der Waals surface area contributed by atoms with Gasteiger partial charge in [-0.25, -0.2) is 0 Å². The summed E-state index contributed by atoms with van der Waals surface area (Å²) >= 11 is 1.38. The zero-order valence-corrected chi connectivity index (χ0v) is 18.4. The van der Waals surface area contributed by atoms with Crippen molar-refractivity contribution in [2.45, 2.75) is 37.6 Å². The van der Waals surface area contributed by atoms with Gasteiger partial charge in [0.15, 0.2) is 16.8 Å². The molecule has 1 unspecified atom stereocenters. The second-order valence-corrected chi connectivity index (χ2v) is 8.34. The lowest BCUT2D eigenvalue weighted by molar-refractivity contribution is -0.115. The summed E-state index contributed by atoms with van der Waals surface area (Å²) in [5, 5.41) is 15.8. The zero-order chi connectivity index (χ0) is 21.8. The number of benzene rings is 2. The maximum Gasteiger partial charge on any atom is 0.239 e. The van der Waals surface area contributed by atoms with Crippen LogP contribution in [-0.2, 0) is 4.79 Å². The number of carbonyl (C=O) groups excluding carboxylic acids is 1. The van der Waals surface area contributed by atoms with Crippen LogP contribution in [-0.4, -0.2) is 31.1 Å². The van der Waals surface area contributed by atoms with Gasteiger partial charge in [-0.1, -0.05) is 71.9 Å². The first-order chi connectivity index (χ1) is 15.0. The molecular formula is C23H23N5O2S. The van der Waals surface area contributed by atoms with E-state index in [1.54, 1.807) is 13.0 Å². The molecule has 1 amide bonds. The molecule has 0 saturated heterocycles. The number of aryl methyl sites for hydroxylation is 2. The standard InChI is InChI=1S/C23H23N5O2S/c1-4-19(22(29)24-20-14-16(3)30-27-20)31-23-26-25-21(17-8-6-5-7-9-17)28(23)18-12-10-15(2)11-13-18/h5-14,19H,4H2,1-3H3,(H,24,27,29). The molecule has 0 aliphatic carbocycles. The van der Waals surface area contributed by atoms with Gasteiger partial charge < -0.3 is 9.84 Å². The van der Waals surface area contributed by atoms with E-state index in [1.165, 1.54) is 17.3 Å². The van der Waals surface area contributed by atoms with Crippen LogP contribution in [0.15, 0.2) is 70.3 Å². The predicted octanol–water partition coefficient (Wildman–Crippen LogP) is 5.05. The van der Waals surface area contributed by atoms with Gasteiger partial charge in [0.1, 0.15) is 5.76 Å². The van der Waals surface area contributed by atoms with E-state index in [0.29, 0.717) is 23.2 Å². The summed E-state index contributed by atoms with van der Waals surface area (Å²) in [5.74, 6) is 1.63. The zero-order valence-electron chi connectivity index (χ0n) is 17.6. The minimum Gasteiger partial charge on any atom is -0.360 e. The molecular weight excluding hydrogens is 410 g/mol. The molecule has 0 spiro atoms. The van der Waals surface area contributed by atoms with Gasteiger partial charge in [0.25, 0.3) is 0 Å². The Morgan fingerprint density at radius 2 is 1.84 bits per heavy atom. The van der Waals surface area contributed by atoms with E-state index in [1.807, 2.05) is 60.9 Å². The van der Waals surface area contributed by atoms with Crippen molar-refractivity contribution in [1.82, 2.24) is 19.9 Å². The van der Waals surface area contributed by atoms with Crippen molar-refractivity contribution in [3.8, 4) is 17.1 Å². The van der Waals surface area contributed by atoms with Crippen LogP contribution in [0.2, 0.25) is 0 Å². The molecule has 0 aliphatic heterocycles. The average molecular weight is 434 g/mol. The van der Waals surface area contributed by atoms with Crippen molar-refractivity contribution in [3.05, 3.63) is 72.0 Å². The van der Waals surface area contributed by atoms with E-state index in [9.17, 15) is 4.79 Å². The van der Waals surface area contributed by atoms with Crippen LogP contribution in [0.25, 0.3) is 17.1 Å². The Bertz CT molecular complexity index is 1170. The Balaban J connectivity index is 1.67. The normalized spacial score (nSPS) is 12.0. The number of aromatic nitrogens is 4. The highest BCUT2D eigenvalue weighted by Gasteiger charge is 2.24. The van der Waals surface area contributed by atoms with E-state index in [-0.39, 0.29) is 11.2 Å². The molecule has 0 fully saturated rings. The minimum absolute atomic E-state index is 0.152. The molecule has 2 aromatic heterocycles. The molecule has 0 radical (unpaired) electrons. The molecule has 0 bridgehead atoms. The molecule has 1 atom stereocenters. The van der Waals surface area contributed by atoms with Gasteiger partial charge >= 0.3 is 0 Å². The second-order valence-electron chi connectivity index (χ2n) is 7.17. The molecule has 4 aromatic rings. The van der Waals surface area contributed by atoms with Crippen LogP contribution in [0.3, 0.4) is 0 Å². The second kappa shape index (κ2) is 9.18. The molecule has 7 nitrogen and oxygen atoms in total. The lowest BCUT2D eigenvalue weighted by Crippen LogP contribution is -2.25. The van der Waals surface area contributed by atoms with Gasteiger partial charge in [-0.15, -0.1) is 10.2 Å². The fourth-order valence-corrected chi connectivity index (χ4v) is 4.10. The summed E-state index contributed by atoms with van der Waals surface area (Å²) in [4.78, 5) is 12.9. The van der Waals surface area contributed by atoms with Gasteiger partial charge in [-0.2, -0.15) is 0 Å². The Morgan fingerprint density at radius 1 is 1.10 bits per heavy atom. The molecule has 2 heterocycles. The summed E-state index contributed by atoms with van der Waals surface area (Å²) < 4.78 is 7.03. The van der Waals surface area contributed by atoms with Crippen LogP contribution in [0, 0.1) is 13.8 Å². The number of anilines is 1. The summed E-state index contributed by atoms with van der Waals surface area (Å²) in [6.07, 6.45) is 0.620. The summed E-state index contributed by atoms with van der Waals surface area (Å²) in [5.41, 5.74) is 3.07. The fraction of sp³-hybridized carbons (Fsp3) is 0.217. The van der Waals surface area contributed by atoms with Crippen LogP contribution < -0.4 is 5.32 Å². The van der Waals surface area contributed by atoms with Crippen molar-refractivity contribution < 1.29 is 9.32 Å². The van der Waals surface area contributed by atoms with Gasteiger partial charge in [0.2, 0.25) is 5.91 Å². The third-order valence-electron chi connectivity index (χ3n) is 4.75.